The van der Waals surface area contributed by atoms with Crippen molar-refractivity contribution in [1.82, 2.24) is 20.2 Å². The molecule has 3 fully saturated rings. The number of nitrogens with one attached hydrogen (secondary N) is 1. The quantitative estimate of drug-likeness (QED) is 0.797. The number of likely N-dealkylation sites (tertiary alicyclic amines) is 1. The van der Waals surface area contributed by atoms with Crippen LogP contribution >= 0.6 is 0 Å². The molecule has 1 aromatic rings. The third-order valence-corrected chi connectivity index (χ3v) is 6.99. The third kappa shape index (κ3) is 3.73. The van der Waals surface area contributed by atoms with Crippen molar-refractivity contribution in [3.05, 3.63) is 47.7 Å². The molecule has 8 nitrogen and oxygen atoms in total. The van der Waals surface area contributed by atoms with Gasteiger partial charge in [-0.05, 0) is 31.4 Å². The number of ether oxygens (including phenoxy) is 2. The van der Waals surface area contributed by atoms with Gasteiger partial charge in [0.15, 0.2) is 5.72 Å². The van der Waals surface area contributed by atoms with Crippen LogP contribution in [0.15, 0.2) is 42.1 Å². The summed E-state index contributed by atoms with van der Waals surface area (Å²) in [5.74, 6) is 0. The molecule has 0 radical (unpaired) electrons. The Morgan fingerprint density at radius 2 is 2.00 bits per heavy atom. The van der Waals surface area contributed by atoms with Crippen molar-refractivity contribution in [3.8, 4) is 0 Å². The maximum atomic E-state index is 12.3. The molecule has 2 atom stereocenters. The Morgan fingerprint density at radius 3 is 2.71 bits per heavy atom. The van der Waals surface area contributed by atoms with Gasteiger partial charge in [0, 0.05) is 50.6 Å². The average Bonchev–Trinajstić information content (AvgIpc) is 3.21. The third-order valence-electron chi connectivity index (χ3n) is 6.99. The Labute approximate surface area is 182 Å². The van der Waals surface area contributed by atoms with E-state index in [0.29, 0.717) is 13.2 Å². The van der Waals surface area contributed by atoms with Crippen molar-refractivity contribution in [3.63, 3.8) is 0 Å². The summed E-state index contributed by atoms with van der Waals surface area (Å²) in [4.78, 5) is 28.8. The van der Waals surface area contributed by atoms with Crippen LogP contribution in [-0.2, 0) is 16.0 Å². The molecule has 4 aliphatic heterocycles. The molecule has 0 aromatic heterocycles. The zero-order chi connectivity index (χ0) is 21.4. The van der Waals surface area contributed by atoms with Crippen LogP contribution in [0.2, 0.25) is 0 Å². The van der Waals surface area contributed by atoms with Crippen molar-refractivity contribution in [1.29, 1.82) is 0 Å². The number of rotatable bonds is 4. The Bertz CT molecular complexity index is 866. The Kier molecular flexibility index (Phi) is 5.25. The van der Waals surface area contributed by atoms with Crippen molar-refractivity contribution in [2.45, 2.75) is 63.4 Å². The van der Waals surface area contributed by atoms with E-state index >= 15 is 0 Å². The highest BCUT2D eigenvalue weighted by Gasteiger charge is 2.50. The molecule has 1 aromatic carbocycles. The topological polar surface area (TPSA) is 74.3 Å². The van der Waals surface area contributed by atoms with Crippen LogP contribution in [-0.4, -0.2) is 64.5 Å². The number of hydrogen-bond donors (Lipinski definition) is 1. The summed E-state index contributed by atoms with van der Waals surface area (Å²) in [6.45, 7) is 4.52. The fourth-order valence-electron chi connectivity index (χ4n) is 5.45. The van der Waals surface area contributed by atoms with Crippen molar-refractivity contribution < 1.29 is 19.1 Å². The van der Waals surface area contributed by atoms with Crippen molar-refractivity contribution >= 4 is 12.2 Å². The molecular weight excluding hydrogens is 396 g/mol. The van der Waals surface area contributed by atoms with Gasteiger partial charge in [0.25, 0.3) is 0 Å². The fraction of sp³-hybridized carbons (Fsp3) is 0.565. The molecule has 3 saturated heterocycles. The van der Waals surface area contributed by atoms with E-state index in [-0.39, 0.29) is 24.3 Å². The molecule has 2 amide bonds. The van der Waals surface area contributed by atoms with E-state index in [9.17, 15) is 9.59 Å². The van der Waals surface area contributed by atoms with E-state index in [1.165, 1.54) is 5.70 Å². The van der Waals surface area contributed by atoms with E-state index < -0.39 is 5.72 Å². The van der Waals surface area contributed by atoms with E-state index in [1.54, 1.807) is 0 Å². The number of hydrogen-bond acceptors (Lipinski definition) is 6. The Balaban J connectivity index is 1.25. The molecule has 2 bridgehead atoms. The van der Waals surface area contributed by atoms with Gasteiger partial charge >= 0.3 is 12.2 Å². The summed E-state index contributed by atoms with van der Waals surface area (Å²) in [5.41, 5.74) is 4.74. The van der Waals surface area contributed by atoms with Crippen LogP contribution in [0.3, 0.4) is 0 Å². The van der Waals surface area contributed by atoms with Crippen LogP contribution in [0, 0.1) is 0 Å². The normalized spacial score (nSPS) is 27.1. The first-order valence-electron chi connectivity index (χ1n) is 11.3. The molecule has 8 heteroatoms. The van der Waals surface area contributed by atoms with E-state index in [2.05, 4.69) is 28.5 Å². The fourth-order valence-corrected chi connectivity index (χ4v) is 5.45. The zero-order valence-corrected chi connectivity index (χ0v) is 18.0. The molecule has 4 aliphatic rings. The molecule has 1 spiro atoms. The standard InChI is InChI=1S/C23H30N4O4/c1-2-30-22(29)27-18-8-9-19(27)15-20(14-18)25-12-10-23(11-13-25)26(24-21(28)31-23)16-17-6-4-3-5-7-17/h3-7,14,18-19H,2,8-13,15-16H2,1H3,(H,24,28). The first-order chi connectivity index (χ1) is 15.1. The monoisotopic (exact) mass is 426 g/mol. The second-order valence-electron chi connectivity index (χ2n) is 8.77. The molecule has 5 rings (SSSR count). The van der Waals surface area contributed by atoms with Gasteiger partial charge in [0.1, 0.15) is 0 Å². The summed E-state index contributed by atoms with van der Waals surface area (Å²) >= 11 is 0. The summed E-state index contributed by atoms with van der Waals surface area (Å²) < 4.78 is 11.1. The van der Waals surface area contributed by atoms with Gasteiger partial charge in [-0.2, -0.15) is 5.01 Å². The van der Waals surface area contributed by atoms with Crippen LogP contribution in [0.4, 0.5) is 9.59 Å². The molecule has 2 unspecified atom stereocenters. The van der Waals surface area contributed by atoms with Crippen LogP contribution in [0.5, 0.6) is 0 Å². The molecular formula is C23H30N4O4. The number of carbonyl (C=O) groups excluding carboxylic acids is 2. The minimum absolute atomic E-state index is 0.129. The zero-order valence-electron chi connectivity index (χ0n) is 18.0. The number of carbonyl (C=O) groups is 2. The number of nitrogens with zero attached hydrogens (tertiary/aromatic N) is 3. The second-order valence-corrected chi connectivity index (χ2v) is 8.77. The maximum absolute atomic E-state index is 12.3. The van der Waals surface area contributed by atoms with Crippen molar-refractivity contribution in [2.75, 3.05) is 19.7 Å². The van der Waals surface area contributed by atoms with Gasteiger partial charge in [-0.1, -0.05) is 30.3 Å². The van der Waals surface area contributed by atoms with Crippen LogP contribution in [0.25, 0.3) is 0 Å². The molecule has 0 saturated carbocycles. The number of benzene rings is 1. The van der Waals surface area contributed by atoms with Crippen LogP contribution < -0.4 is 5.43 Å². The SMILES string of the molecule is CCOC(=O)N1C2C=C(N3CCC4(CC3)OC(=O)NN4Cc3ccccc3)CC1CC2. The lowest BCUT2D eigenvalue weighted by Crippen LogP contribution is -2.55. The molecule has 1 N–H and O–H groups in total. The molecule has 0 aliphatic carbocycles. The number of hydrazine groups is 1. The van der Waals surface area contributed by atoms with E-state index in [0.717, 1.165) is 50.8 Å². The second kappa shape index (κ2) is 8.07. The molecule has 31 heavy (non-hydrogen) atoms. The lowest BCUT2D eigenvalue weighted by Gasteiger charge is -2.45. The van der Waals surface area contributed by atoms with Crippen molar-refractivity contribution in [2.24, 2.45) is 0 Å². The highest BCUT2D eigenvalue weighted by molar-refractivity contribution is 5.70. The first kappa shape index (κ1) is 20.2. The van der Waals surface area contributed by atoms with Gasteiger partial charge in [0.2, 0.25) is 0 Å². The van der Waals surface area contributed by atoms with Gasteiger partial charge < -0.3 is 14.4 Å². The minimum atomic E-state index is -0.603. The number of fused-ring (bicyclic) bond motifs is 2. The maximum Gasteiger partial charge on any atom is 0.423 e. The lowest BCUT2D eigenvalue weighted by molar-refractivity contribution is -0.108. The Morgan fingerprint density at radius 1 is 1.23 bits per heavy atom. The van der Waals surface area contributed by atoms with Gasteiger partial charge in [-0.25, -0.2) is 15.0 Å². The Hall–Kier alpha value is -2.74. The number of piperidine rings is 1. The highest BCUT2D eigenvalue weighted by atomic mass is 16.6. The van der Waals surface area contributed by atoms with Gasteiger partial charge in [0.05, 0.1) is 12.6 Å². The summed E-state index contributed by atoms with van der Waals surface area (Å²) in [6, 6.07) is 10.5. The predicted molar refractivity (Wildman–Crippen MR) is 114 cm³/mol. The minimum Gasteiger partial charge on any atom is -0.450 e. The lowest BCUT2D eigenvalue weighted by atomic mass is 9.96. The average molecular weight is 427 g/mol. The smallest absolute Gasteiger partial charge is 0.423 e. The highest BCUT2D eigenvalue weighted by Crippen LogP contribution is 2.40. The molecule has 166 valence electrons. The number of amides is 2. The predicted octanol–water partition coefficient (Wildman–Crippen LogP) is 3.21. The van der Waals surface area contributed by atoms with E-state index in [1.807, 2.05) is 35.0 Å². The van der Waals surface area contributed by atoms with E-state index in [4.69, 9.17) is 9.47 Å². The largest absolute Gasteiger partial charge is 0.450 e. The summed E-state index contributed by atoms with van der Waals surface area (Å²) in [6.07, 6.45) is 6.06. The summed E-state index contributed by atoms with van der Waals surface area (Å²) in [5, 5.41) is 1.96. The first-order valence-corrected chi connectivity index (χ1v) is 11.3. The van der Waals surface area contributed by atoms with Gasteiger partial charge in [-0.3, -0.25) is 4.90 Å². The summed E-state index contributed by atoms with van der Waals surface area (Å²) in [7, 11) is 0. The van der Waals surface area contributed by atoms with Gasteiger partial charge in [-0.15, -0.1) is 0 Å². The molecule has 4 heterocycles. The van der Waals surface area contributed by atoms with Crippen LogP contribution in [0.1, 0.15) is 44.6 Å².